The summed E-state index contributed by atoms with van der Waals surface area (Å²) >= 11 is 1.45. The molecule has 1 heterocycles. The molecule has 0 spiro atoms. The third-order valence-electron chi connectivity index (χ3n) is 5.22. The van der Waals surface area contributed by atoms with E-state index in [9.17, 15) is 4.79 Å². The number of fused-ring (bicyclic) bond motifs is 1. The summed E-state index contributed by atoms with van der Waals surface area (Å²) in [6.45, 7) is 6.21. The fourth-order valence-corrected chi connectivity index (χ4v) is 4.55. The zero-order valence-electron chi connectivity index (χ0n) is 17.4. The number of aryl methyl sites for hydroxylation is 2. The molecule has 4 rings (SSSR count). The highest BCUT2D eigenvalue weighted by Crippen LogP contribution is 2.26. The van der Waals surface area contributed by atoms with Gasteiger partial charge in [-0.3, -0.25) is 9.36 Å². The lowest BCUT2D eigenvalue weighted by molar-refractivity contribution is -0.119. The molecule has 0 fully saturated rings. The molecule has 1 amide bonds. The summed E-state index contributed by atoms with van der Waals surface area (Å²) in [7, 11) is 0. The van der Waals surface area contributed by atoms with Gasteiger partial charge in [-0.2, -0.15) is 0 Å². The lowest BCUT2D eigenvalue weighted by atomic mass is 10.00. The molecule has 0 bridgehead atoms. The Morgan fingerprint density at radius 1 is 1.10 bits per heavy atom. The Kier molecular flexibility index (Phi) is 5.91. The molecule has 0 saturated heterocycles. The summed E-state index contributed by atoms with van der Waals surface area (Å²) in [5.74, 6) is 0.312. The highest BCUT2D eigenvalue weighted by atomic mass is 32.2. The first-order valence-electron chi connectivity index (χ1n) is 10.0. The SMILES string of the molecule is Cc1ccc(-n2ccnc2SCC(=O)NC(C)c2cccc3ccccc23)c(C)c1. The molecule has 3 aromatic carbocycles. The van der Waals surface area contributed by atoms with E-state index in [0.717, 1.165) is 16.4 Å². The van der Waals surface area contributed by atoms with Crippen LogP contribution in [-0.4, -0.2) is 21.2 Å². The Balaban J connectivity index is 1.44. The molecule has 0 radical (unpaired) electrons. The number of nitrogens with zero attached hydrogens (tertiary/aromatic N) is 2. The van der Waals surface area contributed by atoms with E-state index in [1.807, 2.05) is 35.9 Å². The van der Waals surface area contributed by atoms with E-state index in [4.69, 9.17) is 0 Å². The number of amides is 1. The fraction of sp³-hybridized carbons (Fsp3) is 0.200. The van der Waals surface area contributed by atoms with Gasteiger partial charge in [-0.25, -0.2) is 4.98 Å². The van der Waals surface area contributed by atoms with Crippen molar-refractivity contribution in [1.29, 1.82) is 0 Å². The van der Waals surface area contributed by atoms with Gasteiger partial charge in [0, 0.05) is 12.4 Å². The molecular formula is C25H25N3OS. The zero-order valence-corrected chi connectivity index (χ0v) is 18.2. The predicted molar refractivity (Wildman–Crippen MR) is 124 cm³/mol. The fourth-order valence-electron chi connectivity index (χ4n) is 3.77. The van der Waals surface area contributed by atoms with E-state index in [-0.39, 0.29) is 11.9 Å². The van der Waals surface area contributed by atoms with Crippen molar-refractivity contribution in [3.63, 3.8) is 0 Å². The number of rotatable bonds is 6. The molecule has 0 aliphatic heterocycles. The molecule has 0 aliphatic rings. The highest BCUT2D eigenvalue weighted by Gasteiger charge is 2.14. The largest absolute Gasteiger partial charge is 0.349 e. The van der Waals surface area contributed by atoms with Gasteiger partial charge in [0.1, 0.15) is 0 Å². The van der Waals surface area contributed by atoms with Crippen molar-refractivity contribution in [2.45, 2.75) is 32.0 Å². The molecule has 5 heteroatoms. The highest BCUT2D eigenvalue weighted by molar-refractivity contribution is 7.99. The second kappa shape index (κ2) is 8.76. The Morgan fingerprint density at radius 3 is 2.73 bits per heavy atom. The second-order valence-corrected chi connectivity index (χ2v) is 8.46. The molecular weight excluding hydrogens is 390 g/mol. The lowest BCUT2D eigenvalue weighted by Crippen LogP contribution is -2.28. The van der Waals surface area contributed by atoms with Crippen molar-refractivity contribution in [2.24, 2.45) is 0 Å². The number of carbonyl (C=O) groups is 1. The maximum absolute atomic E-state index is 12.6. The van der Waals surface area contributed by atoms with Gasteiger partial charge in [-0.15, -0.1) is 0 Å². The molecule has 4 nitrogen and oxygen atoms in total. The minimum Gasteiger partial charge on any atom is -0.349 e. The van der Waals surface area contributed by atoms with Gasteiger partial charge in [0.05, 0.1) is 17.5 Å². The Hall–Kier alpha value is -3.05. The summed E-state index contributed by atoms with van der Waals surface area (Å²) in [5, 5.41) is 6.30. The van der Waals surface area contributed by atoms with Crippen LogP contribution in [0.4, 0.5) is 0 Å². The van der Waals surface area contributed by atoms with Crippen molar-refractivity contribution >= 4 is 28.4 Å². The lowest BCUT2D eigenvalue weighted by Gasteiger charge is -2.17. The van der Waals surface area contributed by atoms with Crippen LogP contribution in [0, 0.1) is 13.8 Å². The van der Waals surface area contributed by atoms with Crippen molar-refractivity contribution in [3.05, 3.63) is 89.7 Å². The van der Waals surface area contributed by atoms with Crippen molar-refractivity contribution in [1.82, 2.24) is 14.9 Å². The zero-order chi connectivity index (χ0) is 21.1. The van der Waals surface area contributed by atoms with Gasteiger partial charge in [0.15, 0.2) is 5.16 Å². The molecule has 0 saturated carbocycles. The summed E-state index contributed by atoms with van der Waals surface area (Å²) in [6, 6.07) is 20.7. The molecule has 1 aromatic heterocycles. The first kappa shape index (κ1) is 20.2. The van der Waals surface area contributed by atoms with Crippen LogP contribution >= 0.6 is 11.8 Å². The second-order valence-electron chi connectivity index (χ2n) is 7.52. The van der Waals surface area contributed by atoms with Crippen molar-refractivity contribution < 1.29 is 4.79 Å². The van der Waals surface area contributed by atoms with Gasteiger partial charge in [0.25, 0.3) is 0 Å². The van der Waals surface area contributed by atoms with E-state index in [1.165, 1.54) is 33.7 Å². The molecule has 30 heavy (non-hydrogen) atoms. The predicted octanol–water partition coefficient (Wildman–Crippen LogP) is 5.61. The Bertz CT molecular complexity index is 1190. The van der Waals surface area contributed by atoms with Gasteiger partial charge < -0.3 is 5.32 Å². The van der Waals surface area contributed by atoms with Crippen LogP contribution in [0.3, 0.4) is 0 Å². The summed E-state index contributed by atoms with van der Waals surface area (Å²) in [5.41, 5.74) is 4.63. The third-order valence-corrected chi connectivity index (χ3v) is 6.19. The van der Waals surface area contributed by atoms with E-state index >= 15 is 0 Å². The number of nitrogens with one attached hydrogen (secondary N) is 1. The third kappa shape index (κ3) is 4.26. The molecule has 0 aliphatic carbocycles. The van der Waals surface area contributed by atoms with Crippen molar-refractivity contribution in [3.8, 4) is 5.69 Å². The minimum absolute atomic E-state index is 0.00406. The van der Waals surface area contributed by atoms with E-state index in [1.54, 1.807) is 6.20 Å². The Morgan fingerprint density at radius 2 is 1.90 bits per heavy atom. The van der Waals surface area contributed by atoms with Crippen LogP contribution in [0.25, 0.3) is 16.5 Å². The van der Waals surface area contributed by atoms with Crippen molar-refractivity contribution in [2.75, 3.05) is 5.75 Å². The number of benzene rings is 3. The van der Waals surface area contributed by atoms with Crippen LogP contribution in [0.15, 0.2) is 78.2 Å². The smallest absolute Gasteiger partial charge is 0.230 e. The van der Waals surface area contributed by atoms with E-state index < -0.39 is 0 Å². The molecule has 1 N–H and O–H groups in total. The minimum atomic E-state index is -0.0664. The van der Waals surface area contributed by atoms with Crippen LogP contribution in [0.5, 0.6) is 0 Å². The average Bonchev–Trinajstić information content (AvgIpc) is 3.20. The van der Waals surface area contributed by atoms with Gasteiger partial charge in [-0.05, 0) is 48.7 Å². The molecule has 1 atom stereocenters. The number of hydrogen-bond donors (Lipinski definition) is 1. The first-order chi connectivity index (χ1) is 14.5. The van der Waals surface area contributed by atoms with Crippen LogP contribution in [0.2, 0.25) is 0 Å². The molecule has 152 valence electrons. The maximum Gasteiger partial charge on any atom is 0.230 e. The number of carbonyl (C=O) groups excluding carboxylic acids is 1. The van der Waals surface area contributed by atoms with Gasteiger partial charge >= 0.3 is 0 Å². The average molecular weight is 416 g/mol. The number of aromatic nitrogens is 2. The summed E-state index contributed by atoms with van der Waals surface area (Å²) in [4.78, 5) is 17.1. The maximum atomic E-state index is 12.6. The van der Waals surface area contributed by atoms with Gasteiger partial charge in [0.2, 0.25) is 5.91 Å². The first-order valence-corrected chi connectivity index (χ1v) is 11.0. The summed E-state index contributed by atoms with van der Waals surface area (Å²) < 4.78 is 2.04. The number of imidazole rings is 1. The van der Waals surface area contributed by atoms with Crippen LogP contribution in [-0.2, 0) is 4.79 Å². The monoisotopic (exact) mass is 415 g/mol. The van der Waals surface area contributed by atoms with Crippen LogP contribution < -0.4 is 5.32 Å². The molecule has 1 unspecified atom stereocenters. The van der Waals surface area contributed by atoms with Crippen LogP contribution in [0.1, 0.15) is 29.7 Å². The van der Waals surface area contributed by atoms with E-state index in [0.29, 0.717) is 5.75 Å². The normalized spacial score (nSPS) is 12.1. The van der Waals surface area contributed by atoms with Gasteiger partial charge in [-0.1, -0.05) is 71.9 Å². The molecule has 4 aromatic rings. The summed E-state index contributed by atoms with van der Waals surface area (Å²) in [6.07, 6.45) is 3.72. The number of hydrogen-bond acceptors (Lipinski definition) is 3. The van der Waals surface area contributed by atoms with E-state index in [2.05, 4.69) is 66.6 Å². The topological polar surface area (TPSA) is 46.9 Å². The Labute approximate surface area is 181 Å². The number of thioether (sulfide) groups is 1. The standard InChI is InChI=1S/C25H25N3OS/c1-17-11-12-23(18(2)15-17)28-14-13-26-25(28)30-16-24(29)27-19(3)21-10-6-8-20-7-4-5-9-22(20)21/h4-15,19H,16H2,1-3H3,(H,27,29). The quantitative estimate of drug-likeness (QED) is 0.416.